The number of fused-ring (bicyclic) bond motifs is 1. The molecule has 2 aromatic carbocycles. The zero-order valence-corrected chi connectivity index (χ0v) is 20.7. The number of nitriles is 1. The number of nitrogens with one attached hydrogen (secondary N) is 1. The molecule has 2 aromatic heterocycles. The summed E-state index contributed by atoms with van der Waals surface area (Å²) in [5.74, 6) is 0.112. The zero-order chi connectivity index (χ0) is 24.6. The number of nitrogens with zero attached hydrogens (tertiary/aromatic N) is 3. The first-order valence-electron chi connectivity index (χ1n) is 12.0. The molecule has 0 saturated heterocycles. The van der Waals surface area contributed by atoms with Gasteiger partial charge < -0.3 is 4.57 Å². The van der Waals surface area contributed by atoms with Crippen LogP contribution < -0.4 is 4.72 Å². The second kappa shape index (κ2) is 9.20. The van der Waals surface area contributed by atoms with Gasteiger partial charge in [-0.3, -0.25) is 9.71 Å². The Morgan fingerprint density at radius 1 is 1.09 bits per heavy atom. The summed E-state index contributed by atoms with van der Waals surface area (Å²) in [4.78, 5) is 4.50. The van der Waals surface area contributed by atoms with Crippen molar-refractivity contribution in [2.45, 2.75) is 39.2 Å². The van der Waals surface area contributed by atoms with E-state index in [0.717, 1.165) is 46.3 Å². The second-order valence-electron chi connectivity index (χ2n) is 9.59. The number of hydrogen-bond acceptors (Lipinski definition) is 4. The highest BCUT2D eigenvalue weighted by Gasteiger charge is 2.28. The minimum Gasteiger partial charge on any atom is -0.336 e. The Kier molecular flexibility index (Phi) is 6.08. The average molecular weight is 485 g/mol. The lowest BCUT2D eigenvalue weighted by atomic mass is 9.92. The maximum absolute atomic E-state index is 12.4. The molecule has 0 amide bonds. The maximum atomic E-state index is 12.4. The molecule has 178 valence electrons. The highest BCUT2D eigenvalue weighted by Crippen LogP contribution is 2.43. The van der Waals surface area contributed by atoms with Gasteiger partial charge in [0.2, 0.25) is 10.0 Å². The number of rotatable bonds is 7. The monoisotopic (exact) mass is 484 g/mol. The highest BCUT2D eigenvalue weighted by atomic mass is 32.2. The number of sulfonamides is 1. The molecule has 2 heterocycles. The summed E-state index contributed by atoms with van der Waals surface area (Å²) < 4.78 is 29.7. The van der Waals surface area contributed by atoms with Gasteiger partial charge in [0, 0.05) is 28.9 Å². The number of aromatic nitrogens is 2. The van der Waals surface area contributed by atoms with Gasteiger partial charge in [0.15, 0.2) is 0 Å². The standard InChI is InChI=1S/C28H28N4O2S/c1-19(2)18-35(33,34)31-22-12-9-20(10-13-22)28-25(17-29)24-14-11-21(26-8-3-4-15-30-26)16-27(24)32(28)23-6-5-7-23/h3-4,8-16,19,23,31H,5-7,18H2,1-2H3. The van der Waals surface area contributed by atoms with Crippen LogP contribution in [-0.4, -0.2) is 23.7 Å². The average Bonchev–Trinajstić information content (AvgIpc) is 3.11. The van der Waals surface area contributed by atoms with E-state index >= 15 is 0 Å². The number of pyridine rings is 1. The van der Waals surface area contributed by atoms with E-state index in [-0.39, 0.29) is 11.7 Å². The van der Waals surface area contributed by atoms with Gasteiger partial charge in [-0.05, 0) is 61.1 Å². The summed E-state index contributed by atoms with van der Waals surface area (Å²) in [6, 6.07) is 22.2. The predicted octanol–water partition coefficient (Wildman–Crippen LogP) is 6.36. The van der Waals surface area contributed by atoms with Gasteiger partial charge in [-0.2, -0.15) is 5.26 Å². The van der Waals surface area contributed by atoms with Crippen LogP contribution in [0.5, 0.6) is 0 Å². The molecule has 35 heavy (non-hydrogen) atoms. The summed E-state index contributed by atoms with van der Waals surface area (Å²) in [5, 5.41) is 11.1. The van der Waals surface area contributed by atoms with E-state index in [1.165, 1.54) is 6.42 Å². The van der Waals surface area contributed by atoms with Crippen LogP contribution in [0.1, 0.15) is 44.7 Å². The van der Waals surface area contributed by atoms with Crippen LogP contribution in [0, 0.1) is 17.2 Å². The van der Waals surface area contributed by atoms with Crippen molar-refractivity contribution in [3.05, 3.63) is 72.4 Å². The van der Waals surface area contributed by atoms with Crippen molar-refractivity contribution in [1.82, 2.24) is 9.55 Å². The molecule has 0 atom stereocenters. The van der Waals surface area contributed by atoms with E-state index in [2.05, 4.69) is 26.4 Å². The molecule has 6 nitrogen and oxygen atoms in total. The Bertz CT molecular complexity index is 1510. The predicted molar refractivity (Wildman–Crippen MR) is 140 cm³/mol. The van der Waals surface area contributed by atoms with Crippen molar-refractivity contribution in [2.24, 2.45) is 5.92 Å². The van der Waals surface area contributed by atoms with Gasteiger partial charge in [-0.15, -0.1) is 0 Å². The maximum Gasteiger partial charge on any atom is 0.232 e. The van der Waals surface area contributed by atoms with Crippen LogP contribution in [0.3, 0.4) is 0 Å². The van der Waals surface area contributed by atoms with Gasteiger partial charge in [-0.1, -0.05) is 44.2 Å². The molecule has 0 spiro atoms. The fourth-order valence-electron chi connectivity index (χ4n) is 4.78. The van der Waals surface area contributed by atoms with Crippen molar-refractivity contribution in [3.63, 3.8) is 0 Å². The van der Waals surface area contributed by atoms with Crippen molar-refractivity contribution >= 4 is 26.6 Å². The quantitative estimate of drug-likeness (QED) is 0.330. The largest absolute Gasteiger partial charge is 0.336 e. The molecule has 0 radical (unpaired) electrons. The van der Waals surface area contributed by atoms with Crippen molar-refractivity contribution in [3.8, 4) is 28.6 Å². The Morgan fingerprint density at radius 2 is 1.83 bits per heavy atom. The third-order valence-electron chi connectivity index (χ3n) is 6.50. The lowest BCUT2D eigenvalue weighted by Crippen LogP contribution is -2.20. The molecule has 0 unspecified atom stereocenters. The van der Waals surface area contributed by atoms with Gasteiger partial charge in [0.1, 0.15) is 6.07 Å². The van der Waals surface area contributed by atoms with Crippen molar-refractivity contribution in [1.29, 1.82) is 5.26 Å². The number of hydrogen-bond donors (Lipinski definition) is 1. The first-order chi connectivity index (χ1) is 16.9. The first-order valence-corrected chi connectivity index (χ1v) is 13.6. The van der Waals surface area contributed by atoms with Crippen LogP contribution in [0.4, 0.5) is 5.69 Å². The van der Waals surface area contributed by atoms with E-state index < -0.39 is 10.0 Å². The van der Waals surface area contributed by atoms with E-state index in [4.69, 9.17) is 0 Å². The molecule has 1 aliphatic carbocycles. The lowest BCUT2D eigenvalue weighted by molar-refractivity contribution is 0.324. The molecule has 1 N–H and O–H groups in total. The molecule has 1 aliphatic rings. The van der Waals surface area contributed by atoms with E-state index in [1.54, 1.807) is 18.3 Å². The zero-order valence-electron chi connectivity index (χ0n) is 19.9. The number of anilines is 1. The van der Waals surface area contributed by atoms with Crippen LogP contribution in [0.25, 0.3) is 33.4 Å². The van der Waals surface area contributed by atoms with Crippen LogP contribution in [0.15, 0.2) is 66.9 Å². The third-order valence-corrected chi connectivity index (χ3v) is 8.15. The number of benzene rings is 2. The second-order valence-corrected chi connectivity index (χ2v) is 11.4. The molecule has 1 saturated carbocycles. The summed E-state index contributed by atoms with van der Waals surface area (Å²) in [7, 11) is -3.41. The van der Waals surface area contributed by atoms with Gasteiger partial charge in [0.25, 0.3) is 0 Å². The molecule has 1 fully saturated rings. The summed E-state index contributed by atoms with van der Waals surface area (Å²) in [6.45, 7) is 3.76. The van der Waals surface area contributed by atoms with Gasteiger partial charge in [-0.25, -0.2) is 8.42 Å². The van der Waals surface area contributed by atoms with E-state index in [0.29, 0.717) is 17.3 Å². The summed E-state index contributed by atoms with van der Waals surface area (Å²) in [6.07, 6.45) is 5.10. The van der Waals surface area contributed by atoms with Gasteiger partial charge in [0.05, 0.1) is 28.2 Å². The van der Waals surface area contributed by atoms with Crippen molar-refractivity contribution in [2.75, 3.05) is 10.5 Å². The van der Waals surface area contributed by atoms with Crippen molar-refractivity contribution < 1.29 is 8.42 Å². The molecular weight excluding hydrogens is 456 g/mol. The minimum absolute atomic E-state index is 0.0409. The summed E-state index contributed by atoms with van der Waals surface area (Å²) in [5.41, 5.74) is 5.91. The highest BCUT2D eigenvalue weighted by molar-refractivity contribution is 7.92. The third kappa shape index (κ3) is 4.54. The normalized spacial score (nSPS) is 14.1. The topological polar surface area (TPSA) is 87.8 Å². The fourth-order valence-corrected chi connectivity index (χ4v) is 6.24. The van der Waals surface area contributed by atoms with Crippen LogP contribution in [0.2, 0.25) is 0 Å². The van der Waals surface area contributed by atoms with E-state index in [9.17, 15) is 13.7 Å². The SMILES string of the molecule is CC(C)CS(=O)(=O)Nc1ccc(-c2c(C#N)c3ccc(-c4ccccn4)cc3n2C2CCC2)cc1. The molecule has 0 bridgehead atoms. The lowest BCUT2D eigenvalue weighted by Gasteiger charge is -2.30. The first kappa shape index (κ1) is 23.1. The Labute approximate surface area is 206 Å². The van der Waals surface area contributed by atoms with Crippen LogP contribution in [-0.2, 0) is 10.0 Å². The summed E-state index contributed by atoms with van der Waals surface area (Å²) >= 11 is 0. The van der Waals surface area contributed by atoms with Crippen LogP contribution >= 0.6 is 0 Å². The van der Waals surface area contributed by atoms with E-state index in [1.807, 2.05) is 56.3 Å². The molecule has 0 aliphatic heterocycles. The molecule has 5 rings (SSSR count). The molecule has 4 aromatic rings. The van der Waals surface area contributed by atoms with Gasteiger partial charge >= 0.3 is 0 Å². The molecular formula is C28H28N4O2S. The Morgan fingerprint density at radius 3 is 2.43 bits per heavy atom. The minimum atomic E-state index is -3.41. The molecule has 7 heteroatoms. The smallest absolute Gasteiger partial charge is 0.232 e. The Hall–Kier alpha value is -3.63. The fraction of sp³-hybridized carbons (Fsp3) is 0.286. The Balaban J connectivity index is 1.61.